The van der Waals surface area contributed by atoms with Crippen LogP contribution >= 0.6 is 0 Å². The zero-order valence-electron chi connectivity index (χ0n) is 16.0. The molecular weight excluding hydrogens is 336 g/mol. The molecule has 1 heterocycles. The molecule has 1 aliphatic rings. The van der Waals surface area contributed by atoms with Crippen molar-refractivity contribution in [1.29, 1.82) is 0 Å². The van der Waals surface area contributed by atoms with Gasteiger partial charge in [0.25, 0.3) is 0 Å². The van der Waals surface area contributed by atoms with Crippen molar-refractivity contribution in [1.82, 2.24) is 9.21 Å². The van der Waals surface area contributed by atoms with E-state index in [2.05, 4.69) is 6.92 Å². The molecule has 1 aromatic rings. The van der Waals surface area contributed by atoms with Crippen molar-refractivity contribution < 1.29 is 13.2 Å². The van der Waals surface area contributed by atoms with Gasteiger partial charge in [0.15, 0.2) is 0 Å². The summed E-state index contributed by atoms with van der Waals surface area (Å²) in [4.78, 5) is 14.6. The van der Waals surface area contributed by atoms with Crippen molar-refractivity contribution in [3.8, 4) is 0 Å². The third-order valence-corrected chi connectivity index (χ3v) is 7.10. The maximum absolute atomic E-state index is 13.1. The van der Waals surface area contributed by atoms with E-state index in [1.54, 1.807) is 4.90 Å². The Hall–Kier alpha value is -1.40. The van der Waals surface area contributed by atoms with E-state index in [9.17, 15) is 13.2 Å². The minimum atomic E-state index is -3.52. The van der Waals surface area contributed by atoms with E-state index in [0.29, 0.717) is 31.1 Å². The fraction of sp³-hybridized carbons (Fsp3) is 0.632. The van der Waals surface area contributed by atoms with Crippen LogP contribution in [0.1, 0.15) is 43.4 Å². The number of benzene rings is 1. The van der Waals surface area contributed by atoms with Crippen LogP contribution in [0.3, 0.4) is 0 Å². The Bertz CT molecular complexity index is 712. The first-order valence-electron chi connectivity index (χ1n) is 9.05. The van der Waals surface area contributed by atoms with Crippen LogP contribution in [0.5, 0.6) is 0 Å². The predicted molar refractivity (Wildman–Crippen MR) is 100 cm³/mol. The zero-order valence-corrected chi connectivity index (χ0v) is 16.8. The lowest BCUT2D eigenvalue weighted by molar-refractivity contribution is -0.136. The lowest BCUT2D eigenvalue weighted by atomic mass is 10.0. The molecule has 5 nitrogen and oxygen atoms in total. The van der Waals surface area contributed by atoms with Gasteiger partial charge in [-0.15, -0.1) is 0 Å². The third-order valence-electron chi connectivity index (χ3n) is 4.90. The highest BCUT2D eigenvalue weighted by atomic mass is 32.2. The zero-order chi connectivity index (χ0) is 18.8. The maximum Gasteiger partial charge on any atom is 0.243 e. The molecule has 25 heavy (non-hydrogen) atoms. The summed E-state index contributed by atoms with van der Waals surface area (Å²) >= 11 is 0. The highest BCUT2D eigenvalue weighted by Gasteiger charge is 2.32. The molecule has 140 valence electrons. The molecule has 2 rings (SSSR count). The van der Waals surface area contributed by atoms with Gasteiger partial charge in [-0.3, -0.25) is 4.79 Å². The van der Waals surface area contributed by atoms with Crippen LogP contribution in [0.2, 0.25) is 0 Å². The van der Waals surface area contributed by atoms with Crippen molar-refractivity contribution in [2.24, 2.45) is 5.92 Å². The number of piperazine rings is 1. The van der Waals surface area contributed by atoms with Gasteiger partial charge in [-0.1, -0.05) is 38.0 Å². The van der Waals surface area contributed by atoms with Crippen molar-refractivity contribution in [2.45, 2.75) is 52.4 Å². The van der Waals surface area contributed by atoms with Gasteiger partial charge in [0, 0.05) is 32.1 Å². The molecule has 1 unspecified atom stereocenters. The number of carbonyl (C=O) groups excluding carboxylic acids is 1. The predicted octanol–water partition coefficient (Wildman–Crippen LogP) is 2.88. The number of nitrogens with zero attached hydrogens (tertiary/aromatic N) is 2. The Labute approximate surface area is 152 Å². The molecule has 0 bridgehead atoms. The lowest BCUT2D eigenvalue weighted by Crippen LogP contribution is -2.51. The van der Waals surface area contributed by atoms with Crippen molar-refractivity contribution >= 4 is 15.9 Å². The molecule has 0 aliphatic carbocycles. The highest BCUT2D eigenvalue weighted by Crippen LogP contribution is 2.26. The van der Waals surface area contributed by atoms with E-state index in [4.69, 9.17) is 0 Å². The summed E-state index contributed by atoms with van der Waals surface area (Å²) in [5.74, 6) is 0.149. The Balaban J connectivity index is 2.14. The van der Waals surface area contributed by atoms with Gasteiger partial charge < -0.3 is 4.90 Å². The van der Waals surface area contributed by atoms with Crippen LogP contribution in [0, 0.1) is 26.7 Å². The molecule has 0 N–H and O–H groups in total. The molecule has 0 radical (unpaired) electrons. The average molecular weight is 367 g/mol. The van der Waals surface area contributed by atoms with Crippen molar-refractivity contribution in [3.05, 3.63) is 28.8 Å². The summed E-state index contributed by atoms with van der Waals surface area (Å²) in [6, 6.07) is 3.82. The quantitative estimate of drug-likeness (QED) is 0.805. The van der Waals surface area contributed by atoms with E-state index >= 15 is 0 Å². The van der Waals surface area contributed by atoms with Crippen molar-refractivity contribution in [3.63, 3.8) is 0 Å². The van der Waals surface area contributed by atoms with Gasteiger partial charge in [0.1, 0.15) is 0 Å². The van der Waals surface area contributed by atoms with Gasteiger partial charge in [0.05, 0.1) is 4.90 Å². The van der Waals surface area contributed by atoms with Crippen LogP contribution in [-0.4, -0.2) is 49.7 Å². The molecule has 0 aromatic heterocycles. The minimum absolute atomic E-state index is 0.00902. The van der Waals surface area contributed by atoms with Gasteiger partial charge in [-0.25, -0.2) is 8.42 Å². The molecule has 1 aliphatic heterocycles. The van der Waals surface area contributed by atoms with Crippen molar-refractivity contribution in [2.75, 3.05) is 26.2 Å². The van der Waals surface area contributed by atoms with Crippen LogP contribution < -0.4 is 0 Å². The van der Waals surface area contributed by atoms with E-state index in [0.717, 1.165) is 29.5 Å². The summed E-state index contributed by atoms with van der Waals surface area (Å²) < 4.78 is 27.7. The van der Waals surface area contributed by atoms with Gasteiger partial charge in [0.2, 0.25) is 15.9 Å². The number of aryl methyl sites for hydroxylation is 3. The van der Waals surface area contributed by atoms with Crippen LogP contribution in [-0.2, 0) is 14.8 Å². The Morgan fingerprint density at radius 3 is 2.08 bits per heavy atom. The fourth-order valence-electron chi connectivity index (χ4n) is 3.72. The van der Waals surface area contributed by atoms with E-state index in [1.165, 1.54) is 4.31 Å². The van der Waals surface area contributed by atoms with Gasteiger partial charge in [-0.05, 0) is 38.3 Å². The van der Waals surface area contributed by atoms with Crippen LogP contribution in [0.25, 0.3) is 0 Å². The van der Waals surface area contributed by atoms with Crippen LogP contribution in [0.15, 0.2) is 17.0 Å². The largest absolute Gasteiger partial charge is 0.340 e. The molecule has 1 aromatic carbocycles. The lowest BCUT2D eigenvalue weighted by Gasteiger charge is -2.35. The monoisotopic (exact) mass is 366 g/mol. The number of carbonyl (C=O) groups is 1. The summed E-state index contributed by atoms with van der Waals surface area (Å²) in [5.41, 5.74) is 2.63. The Kier molecular flexibility index (Phi) is 6.27. The van der Waals surface area contributed by atoms with E-state index < -0.39 is 10.0 Å². The second kappa shape index (κ2) is 7.87. The maximum atomic E-state index is 13.1. The SMILES string of the molecule is CCCC(C)C(=O)N1CCN(S(=O)(=O)c2c(C)cc(C)cc2C)CC1. The molecule has 1 fully saturated rings. The average Bonchev–Trinajstić information content (AvgIpc) is 2.53. The summed E-state index contributed by atoms with van der Waals surface area (Å²) in [5, 5.41) is 0. The summed E-state index contributed by atoms with van der Waals surface area (Å²) in [6.45, 7) is 11.3. The molecule has 1 amide bonds. The number of rotatable bonds is 5. The molecule has 0 saturated carbocycles. The normalized spacial score (nSPS) is 17.6. The molecular formula is C19H30N2O3S. The molecule has 0 spiro atoms. The summed E-state index contributed by atoms with van der Waals surface area (Å²) in [7, 11) is -3.52. The number of hydrogen-bond acceptors (Lipinski definition) is 3. The van der Waals surface area contributed by atoms with E-state index in [1.807, 2.05) is 39.8 Å². The van der Waals surface area contributed by atoms with Gasteiger partial charge >= 0.3 is 0 Å². The molecule has 6 heteroatoms. The summed E-state index contributed by atoms with van der Waals surface area (Å²) in [6.07, 6.45) is 1.85. The Morgan fingerprint density at radius 1 is 1.08 bits per heavy atom. The minimum Gasteiger partial charge on any atom is -0.340 e. The number of sulfonamides is 1. The standard InChI is InChI=1S/C19H30N2O3S/c1-6-7-15(3)19(22)20-8-10-21(11-9-20)25(23,24)18-16(4)12-14(2)13-17(18)5/h12-13,15H,6-11H2,1-5H3. The Morgan fingerprint density at radius 2 is 1.60 bits per heavy atom. The topological polar surface area (TPSA) is 57.7 Å². The van der Waals surface area contributed by atoms with Crippen LogP contribution in [0.4, 0.5) is 0 Å². The highest BCUT2D eigenvalue weighted by molar-refractivity contribution is 7.89. The fourth-order valence-corrected chi connectivity index (χ4v) is 5.55. The first-order valence-corrected chi connectivity index (χ1v) is 10.5. The molecule has 1 saturated heterocycles. The van der Waals surface area contributed by atoms with E-state index in [-0.39, 0.29) is 11.8 Å². The molecule has 1 atom stereocenters. The third kappa shape index (κ3) is 4.23. The van der Waals surface area contributed by atoms with Gasteiger partial charge in [-0.2, -0.15) is 4.31 Å². The second-order valence-electron chi connectivity index (χ2n) is 7.15. The number of hydrogen-bond donors (Lipinski definition) is 0. The number of amides is 1. The first-order chi connectivity index (χ1) is 11.7. The second-order valence-corrected chi connectivity index (χ2v) is 9.02. The first kappa shape index (κ1) is 19.9. The smallest absolute Gasteiger partial charge is 0.243 e.